The van der Waals surface area contributed by atoms with Crippen LogP contribution in [0.2, 0.25) is 0 Å². The van der Waals surface area contributed by atoms with Crippen molar-refractivity contribution in [3.63, 3.8) is 0 Å². The molecule has 2 unspecified atom stereocenters. The second-order valence-corrected chi connectivity index (χ2v) is 6.22. The summed E-state index contributed by atoms with van der Waals surface area (Å²) in [5, 5.41) is 7.61. The molecule has 1 saturated carbocycles. The van der Waals surface area contributed by atoms with Gasteiger partial charge in [0, 0.05) is 24.3 Å². The predicted octanol–water partition coefficient (Wildman–Crippen LogP) is 2.14. The molecular weight excluding hydrogens is 264 g/mol. The lowest BCUT2D eigenvalue weighted by Gasteiger charge is -2.20. The predicted molar refractivity (Wildman–Crippen MR) is 78.1 cm³/mol. The van der Waals surface area contributed by atoms with Crippen LogP contribution in [0.1, 0.15) is 30.1 Å². The van der Waals surface area contributed by atoms with Gasteiger partial charge in [-0.05, 0) is 42.4 Å². The van der Waals surface area contributed by atoms with E-state index in [1.54, 1.807) is 12.7 Å². The van der Waals surface area contributed by atoms with Gasteiger partial charge in [-0.2, -0.15) is 0 Å². The molecule has 5 nitrogen and oxygen atoms in total. The van der Waals surface area contributed by atoms with Gasteiger partial charge in [-0.25, -0.2) is 0 Å². The number of nitrogens with zero attached hydrogens (tertiary/aromatic N) is 4. The molecule has 4 rings (SSSR count). The number of hydrogen-bond donors (Lipinski definition) is 0. The van der Waals surface area contributed by atoms with E-state index in [9.17, 15) is 4.79 Å². The van der Waals surface area contributed by atoms with E-state index < -0.39 is 0 Å². The minimum Gasteiger partial charge on any atom is -0.338 e. The summed E-state index contributed by atoms with van der Waals surface area (Å²) < 4.78 is 1.81. The van der Waals surface area contributed by atoms with Crippen LogP contribution in [0, 0.1) is 11.3 Å². The van der Waals surface area contributed by atoms with Gasteiger partial charge in [0.1, 0.15) is 12.7 Å². The Kier molecular flexibility index (Phi) is 2.64. The molecule has 2 atom stereocenters. The lowest BCUT2D eigenvalue weighted by molar-refractivity contribution is 0.0764. The molecule has 1 aliphatic heterocycles. The molecule has 108 valence electrons. The van der Waals surface area contributed by atoms with Crippen molar-refractivity contribution < 1.29 is 4.79 Å². The summed E-state index contributed by atoms with van der Waals surface area (Å²) in [7, 11) is 0. The fraction of sp³-hybridized carbons (Fsp3) is 0.438. The van der Waals surface area contributed by atoms with Crippen molar-refractivity contribution in [3.05, 3.63) is 42.5 Å². The summed E-state index contributed by atoms with van der Waals surface area (Å²) in [4.78, 5) is 14.7. The highest BCUT2D eigenvalue weighted by atomic mass is 16.2. The number of carbonyl (C=O) groups is 1. The van der Waals surface area contributed by atoms with Gasteiger partial charge >= 0.3 is 0 Å². The van der Waals surface area contributed by atoms with Gasteiger partial charge in [-0.3, -0.25) is 9.36 Å². The number of hydrogen-bond acceptors (Lipinski definition) is 3. The van der Waals surface area contributed by atoms with Gasteiger partial charge in [0.15, 0.2) is 0 Å². The van der Waals surface area contributed by atoms with Crippen LogP contribution in [0.25, 0.3) is 5.69 Å². The van der Waals surface area contributed by atoms with Gasteiger partial charge < -0.3 is 4.90 Å². The van der Waals surface area contributed by atoms with Crippen molar-refractivity contribution in [2.75, 3.05) is 13.1 Å². The van der Waals surface area contributed by atoms with E-state index in [4.69, 9.17) is 0 Å². The minimum absolute atomic E-state index is 0.143. The molecule has 5 heteroatoms. The van der Waals surface area contributed by atoms with Crippen LogP contribution in [0.3, 0.4) is 0 Å². The van der Waals surface area contributed by atoms with Crippen molar-refractivity contribution in [2.45, 2.75) is 19.8 Å². The maximum absolute atomic E-state index is 12.7. The van der Waals surface area contributed by atoms with Crippen LogP contribution >= 0.6 is 0 Å². The van der Waals surface area contributed by atoms with E-state index in [0.29, 0.717) is 5.41 Å². The molecule has 1 amide bonds. The van der Waals surface area contributed by atoms with Crippen molar-refractivity contribution >= 4 is 5.91 Å². The highest BCUT2D eigenvalue weighted by molar-refractivity contribution is 5.95. The summed E-state index contributed by atoms with van der Waals surface area (Å²) in [6, 6.07) is 7.66. The Morgan fingerprint density at radius 2 is 2.19 bits per heavy atom. The molecule has 1 aromatic carbocycles. The van der Waals surface area contributed by atoms with E-state index in [1.165, 1.54) is 12.8 Å². The third-order valence-corrected chi connectivity index (χ3v) is 5.11. The van der Waals surface area contributed by atoms with E-state index in [1.807, 2.05) is 33.7 Å². The Morgan fingerprint density at radius 1 is 1.38 bits per heavy atom. The lowest BCUT2D eigenvalue weighted by atomic mass is 10.0. The molecule has 2 fully saturated rings. The summed E-state index contributed by atoms with van der Waals surface area (Å²) in [5.41, 5.74) is 2.09. The van der Waals surface area contributed by atoms with Crippen LogP contribution in [0.15, 0.2) is 36.9 Å². The van der Waals surface area contributed by atoms with Gasteiger partial charge in [0.05, 0.1) is 0 Å². The summed E-state index contributed by atoms with van der Waals surface area (Å²) in [6.07, 6.45) is 5.76. The number of rotatable bonds is 3. The highest BCUT2D eigenvalue weighted by Crippen LogP contribution is 2.59. The average Bonchev–Trinajstić information content (AvgIpc) is 2.93. The average molecular weight is 282 g/mol. The highest BCUT2D eigenvalue weighted by Gasteiger charge is 2.59. The second kappa shape index (κ2) is 4.41. The van der Waals surface area contributed by atoms with Crippen molar-refractivity contribution in [2.24, 2.45) is 11.3 Å². The Morgan fingerprint density at radius 3 is 2.90 bits per heavy atom. The number of fused-ring (bicyclic) bond motifs is 1. The van der Waals surface area contributed by atoms with Crippen LogP contribution in [0.5, 0.6) is 0 Å². The Labute approximate surface area is 123 Å². The first kappa shape index (κ1) is 12.6. The van der Waals surface area contributed by atoms with E-state index in [0.717, 1.165) is 30.3 Å². The van der Waals surface area contributed by atoms with Crippen molar-refractivity contribution in [1.29, 1.82) is 0 Å². The quantitative estimate of drug-likeness (QED) is 0.866. The van der Waals surface area contributed by atoms with Crippen LogP contribution in [-0.4, -0.2) is 38.7 Å². The molecular formula is C16H18N4O. The molecule has 0 spiro atoms. The maximum atomic E-state index is 12.7. The summed E-state index contributed by atoms with van der Waals surface area (Å²) in [6.45, 7) is 4.08. The molecule has 1 aliphatic carbocycles. The van der Waals surface area contributed by atoms with Gasteiger partial charge in [-0.1, -0.05) is 13.0 Å². The van der Waals surface area contributed by atoms with Crippen molar-refractivity contribution in [1.82, 2.24) is 19.7 Å². The fourth-order valence-corrected chi connectivity index (χ4v) is 3.61. The van der Waals surface area contributed by atoms with E-state index >= 15 is 0 Å². The Balaban J connectivity index is 1.57. The number of benzene rings is 1. The minimum atomic E-state index is 0.143. The first-order valence-electron chi connectivity index (χ1n) is 7.46. The molecule has 21 heavy (non-hydrogen) atoms. The molecule has 2 aromatic rings. The number of amides is 1. The standard InChI is InChI=1S/C16H18N4O/c1-2-16-7-13(16)8-19(9-16)15(21)12-4-3-5-14(6-12)20-10-17-18-11-20/h3-6,10-11,13H,2,7-9H2,1H3. The monoisotopic (exact) mass is 282 g/mol. The first-order chi connectivity index (χ1) is 10.2. The van der Waals surface area contributed by atoms with Gasteiger partial charge in [-0.15, -0.1) is 10.2 Å². The Hall–Kier alpha value is -2.17. The van der Waals surface area contributed by atoms with Crippen LogP contribution in [0.4, 0.5) is 0 Å². The smallest absolute Gasteiger partial charge is 0.253 e. The number of likely N-dealkylation sites (tertiary alicyclic amines) is 1. The molecule has 0 bridgehead atoms. The van der Waals surface area contributed by atoms with E-state index in [-0.39, 0.29) is 5.91 Å². The molecule has 2 heterocycles. The van der Waals surface area contributed by atoms with Gasteiger partial charge in [0.25, 0.3) is 5.91 Å². The number of piperidine rings is 1. The fourth-order valence-electron chi connectivity index (χ4n) is 3.61. The zero-order chi connectivity index (χ0) is 14.4. The molecule has 0 radical (unpaired) electrons. The Bertz CT molecular complexity index is 677. The lowest BCUT2D eigenvalue weighted by Crippen LogP contribution is -2.31. The normalized spacial score (nSPS) is 26.7. The van der Waals surface area contributed by atoms with Crippen molar-refractivity contribution in [3.8, 4) is 5.69 Å². The maximum Gasteiger partial charge on any atom is 0.253 e. The summed E-state index contributed by atoms with van der Waals surface area (Å²) >= 11 is 0. The zero-order valence-electron chi connectivity index (χ0n) is 12.1. The molecule has 1 saturated heterocycles. The SMILES string of the molecule is CCC12CC1CN(C(=O)c1cccc(-n3cnnc3)c1)C2. The topological polar surface area (TPSA) is 51.0 Å². The number of carbonyl (C=O) groups excluding carboxylic acids is 1. The second-order valence-electron chi connectivity index (χ2n) is 6.22. The number of aromatic nitrogens is 3. The summed E-state index contributed by atoms with van der Waals surface area (Å²) in [5.74, 6) is 0.873. The molecule has 1 aromatic heterocycles. The van der Waals surface area contributed by atoms with Crippen LogP contribution in [-0.2, 0) is 0 Å². The van der Waals surface area contributed by atoms with E-state index in [2.05, 4.69) is 17.1 Å². The molecule has 2 aliphatic rings. The largest absolute Gasteiger partial charge is 0.338 e. The third kappa shape index (κ3) is 1.95. The first-order valence-corrected chi connectivity index (χ1v) is 7.46. The molecule has 0 N–H and O–H groups in total. The zero-order valence-corrected chi connectivity index (χ0v) is 12.1. The van der Waals surface area contributed by atoms with Crippen LogP contribution < -0.4 is 0 Å². The third-order valence-electron chi connectivity index (χ3n) is 5.11. The van der Waals surface area contributed by atoms with Gasteiger partial charge in [0.2, 0.25) is 0 Å².